The number of piperidine rings is 1. The van der Waals surface area contributed by atoms with Gasteiger partial charge in [0.05, 0.1) is 7.85 Å². The van der Waals surface area contributed by atoms with Crippen molar-refractivity contribution >= 4 is 7.85 Å². The topological polar surface area (TPSA) is 3.24 Å². The van der Waals surface area contributed by atoms with Gasteiger partial charge in [0, 0.05) is 6.04 Å². The van der Waals surface area contributed by atoms with Crippen LogP contribution >= 0.6 is 0 Å². The highest BCUT2D eigenvalue weighted by molar-refractivity contribution is 6.11. The Bertz CT molecular complexity index is 94.9. The Morgan fingerprint density at radius 1 is 1.44 bits per heavy atom. The molecule has 50 valence electrons. The fraction of sp³-hybridized carbons (Fsp3) is 1.00. The summed E-state index contributed by atoms with van der Waals surface area (Å²) in [6.07, 6.45) is 2.46. The molecule has 0 amide bonds. The molecule has 0 aromatic heterocycles. The second-order valence-corrected chi connectivity index (χ2v) is 3.13. The van der Waals surface area contributed by atoms with E-state index in [0.29, 0.717) is 5.82 Å². The lowest BCUT2D eigenvalue weighted by Gasteiger charge is -2.33. The Morgan fingerprint density at radius 2 is 2.11 bits per heavy atom. The highest BCUT2D eigenvalue weighted by Crippen LogP contribution is 2.21. The standard InChI is InChI=1S/C7H14BN/c1-6-3-4-7(8)5-9(6)2/h6-7H,3-5H2,1-2H3. The molecule has 1 nitrogen and oxygen atoms in total. The molecule has 1 heterocycles. The Labute approximate surface area is 58.8 Å². The van der Waals surface area contributed by atoms with Crippen LogP contribution < -0.4 is 0 Å². The van der Waals surface area contributed by atoms with Crippen molar-refractivity contribution in [2.75, 3.05) is 13.6 Å². The summed E-state index contributed by atoms with van der Waals surface area (Å²) in [4.78, 5) is 2.33. The van der Waals surface area contributed by atoms with Crippen molar-refractivity contribution in [3.05, 3.63) is 0 Å². The first kappa shape index (κ1) is 7.14. The molecule has 0 aromatic rings. The average Bonchev–Trinajstić information content (AvgIpc) is 1.80. The lowest BCUT2D eigenvalue weighted by molar-refractivity contribution is 0.201. The highest BCUT2D eigenvalue weighted by atomic mass is 15.1. The average molecular weight is 123 g/mol. The molecule has 0 spiro atoms. The molecule has 2 radical (unpaired) electrons. The molecule has 0 bridgehead atoms. The monoisotopic (exact) mass is 123 g/mol. The maximum absolute atomic E-state index is 5.75. The molecule has 1 aliphatic rings. The van der Waals surface area contributed by atoms with Gasteiger partial charge in [0.1, 0.15) is 0 Å². The third kappa shape index (κ3) is 1.72. The molecule has 1 rings (SSSR count). The molecule has 0 aromatic carbocycles. The maximum Gasteiger partial charge on any atom is 0.0716 e. The van der Waals surface area contributed by atoms with E-state index in [-0.39, 0.29) is 0 Å². The SMILES string of the molecule is [B]C1CCC(C)N(C)C1. The Balaban J connectivity index is 2.35. The molecule has 9 heavy (non-hydrogen) atoms. The van der Waals surface area contributed by atoms with Crippen molar-refractivity contribution in [1.82, 2.24) is 4.90 Å². The summed E-state index contributed by atoms with van der Waals surface area (Å²) in [6.45, 7) is 3.33. The first-order valence-electron chi connectivity index (χ1n) is 3.66. The largest absolute Gasteiger partial charge is 0.304 e. The molecule has 2 heteroatoms. The van der Waals surface area contributed by atoms with Gasteiger partial charge in [-0.15, -0.1) is 0 Å². The Hall–Kier alpha value is 0.0249. The molecular weight excluding hydrogens is 109 g/mol. The van der Waals surface area contributed by atoms with Gasteiger partial charge in [0.25, 0.3) is 0 Å². The quantitative estimate of drug-likeness (QED) is 0.435. The summed E-state index contributed by atoms with van der Waals surface area (Å²) < 4.78 is 0. The molecule has 1 fully saturated rings. The Morgan fingerprint density at radius 3 is 2.56 bits per heavy atom. The minimum Gasteiger partial charge on any atom is -0.304 e. The van der Waals surface area contributed by atoms with Crippen LogP contribution in [0.15, 0.2) is 0 Å². The molecule has 0 saturated carbocycles. The molecule has 1 saturated heterocycles. The van der Waals surface area contributed by atoms with Gasteiger partial charge < -0.3 is 4.90 Å². The predicted molar refractivity (Wildman–Crippen MR) is 40.8 cm³/mol. The third-order valence-electron chi connectivity index (χ3n) is 2.23. The van der Waals surface area contributed by atoms with E-state index in [9.17, 15) is 0 Å². The smallest absolute Gasteiger partial charge is 0.0716 e. The fourth-order valence-corrected chi connectivity index (χ4v) is 1.32. The van der Waals surface area contributed by atoms with Crippen LogP contribution in [0, 0.1) is 0 Å². The van der Waals surface area contributed by atoms with E-state index in [0.717, 1.165) is 12.6 Å². The van der Waals surface area contributed by atoms with Crippen LogP contribution in [0.4, 0.5) is 0 Å². The summed E-state index contributed by atoms with van der Waals surface area (Å²) in [5.74, 6) is 0.422. The fourth-order valence-electron chi connectivity index (χ4n) is 1.32. The predicted octanol–water partition coefficient (Wildman–Crippen LogP) is 1.06. The van der Waals surface area contributed by atoms with Crippen molar-refractivity contribution in [3.63, 3.8) is 0 Å². The lowest BCUT2D eigenvalue weighted by atomic mass is 9.79. The van der Waals surface area contributed by atoms with E-state index in [2.05, 4.69) is 18.9 Å². The number of hydrogen-bond donors (Lipinski definition) is 0. The number of nitrogens with zero attached hydrogens (tertiary/aromatic N) is 1. The van der Waals surface area contributed by atoms with Crippen molar-refractivity contribution in [2.45, 2.75) is 31.6 Å². The van der Waals surface area contributed by atoms with Gasteiger partial charge in [-0.3, -0.25) is 0 Å². The van der Waals surface area contributed by atoms with Gasteiger partial charge in [0.2, 0.25) is 0 Å². The third-order valence-corrected chi connectivity index (χ3v) is 2.23. The van der Waals surface area contributed by atoms with Gasteiger partial charge in [-0.25, -0.2) is 0 Å². The van der Waals surface area contributed by atoms with E-state index < -0.39 is 0 Å². The molecule has 2 unspecified atom stereocenters. The normalized spacial score (nSPS) is 38.9. The van der Waals surface area contributed by atoms with Crippen LogP contribution in [0.2, 0.25) is 5.82 Å². The molecule has 1 aliphatic heterocycles. The van der Waals surface area contributed by atoms with Crippen LogP contribution in [0.5, 0.6) is 0 Å². The number of rotatable bonds is 0. The van der Waals surface area contributed by atoms with Crippen molar-refractivity contribution in [3.8, 4) is 0 Å². The maximum atomic E-state index is 5.75. The van der Waals surface area contributed by atoms with Crippen LogP contribution in [0.25, 0.3) is 0 Å². The summed E-state index contributed by atoms with van der Waals surface area (Å²) in [7, 11) is 7.89. The van der Waals surface area contributed by atoms with Crippen molar-refractivity contribution in [1.29, 1.82) is 0 Å². The van der Waals surface area contributed by atoms with Gasteiger partial charge in [-0.1, -0.05) is 12.2 Å². The highest BCUT2D eigenvalue weighted by Gasteiger charge is 2.18. The van der Waals surface area contributed by atoms with E-state index in [4.69, 9.17) is 7.85 Å². The van der Waals surface area contributed by atoms with Crippen LogP contribution in [-0.2, 0) is 0 Å². The number of likely N-dealkylation sites (tertiary alicyclic amines) is 1. The summed E-state index contributed by atoms with van der Waals surface area (Å²) in [5, 5.41) is 0. The minimum absolute atomic E-state index is 0.422. The zero-order valence-corrected chi connectivity index (χ0v) is 6.30. The Kier molecular flexibility index (Phi) is 2.17. The van der Waals surface area contributed by atoms with Gasteiger partial charge >= 0.3 is 0 Å². The molecular formula is C7H14BN. The first-order valence-corrected chi connectivity index (χ1v) is 3.66. The van der Waals surface area contributed by atoms with E-state index in [1.165, 1.54) is 12.8 Å². The summed E-state index contributed by atoms with van der Waals surface area (Å²) in [5.41, 5.74) is 0. The van der Waals surface area contributed by atoms with Crippen LogP contribution in [0.3, 0.4) is 0 Å². The van der Waals surface area contributed by atoms with Crippen molar-refractivity contribution < 1.29 is 0 Å². The van der Waals surface area contributed by atoms with E-state index in [1.54, 1.807) is 0 Å². The van der Waals surface area contributed by atoms with Gasteiger partial charge in [0.15, 0.2) is 0 Å². The second-order valence-electron chi connectivity index (χ2n) is 3.13. The summed E-state index contributed by atoms with van der Waals surface area (Å²) >= 11 is 0. The van der Waals surface area contributed by atoms with Gasteiger partial charge in [-0.05, 0) is 26.9 Å². The van der Waals surface area contributed by atoms with Crippen LogP contribution in [-0.4, -0.2) is 32.4 Å². The van der Waals surface area contributed by atoms with Gasteiger partial charge in [-0.2, -0.15) is 0 Å². The van der Waals surface area contributed by atoms with Crippen LogP contribution in [0.1, 0.15) is 19.8 Å². The minimum atomic E-state index is 0.422. The molecule has 2 atom stereocenters. The van der Waals surface area contributed by atoms with E-state index >= 15 is 0 Å². The summed E-state index contributed by atoms with van der Waals surface area (Å²) in [6, 6.07) is 0.741. The lowest BCUT2D eigenvalue weighted by Crippen LogP contribution is -2.36. The molecule has 0 N–H and O–H groups in total. The zero-order chi connectivity index (χ0) is 6.85. The molecule has 0 aliphatic carbocycles. The van der Waals surface area contributed by atoms with E-state index in [1.807, 2.05) is 0 Å². The van der Waals surface area contributed by atoms with Crippen molar-refractivity contribution in [2.24, 2.45) is 0 Å². The first-order chi connectivity index (χ1) is 4.20. The second kappa shape index (κ2) is 2.74. The zero-order valence-electron chi connectivity index (χ0n) is 6.30. The number of hydrogen-bond acceptors (Lipinski definition) is 1.